The lowest BCUT2D eigenvalue weighted by molar-refractivity contribution is 0.0526. The van der Waals surface area contributed by atoms with Crippen LogP contribution < -0.4 is 0 Å². The number of hydrogen-bond acceptors (Lipinski definition) is 2. The summed E-state index contributed by atoms with van der Waals surface area (Å²) in [5.74, 6) is 6.01. The summed E-state index contributed by atoms with van der Waals surface area (Å²) >= 11 is 0. The maximum atomic E-state index is 11.5. The number of ether oxygens (including phenoxy) is 1. The third kappa shape index (κ3) is 6.10. The van der Waals surface area contributed by atoms with Gasteiger partial charge in [0.2, 0.25) is 0 Å². The average Bonchev–Trinajstić information content (AvgIpc) is 2.43. The molecule has 0 heterocycles. The second-order valence-corrected chi connectivity index (χ2v) is 4.41. The molecule has 1 rings (SSSR count). The lowest BCUT2D eigenvalue weighted by Gasteiger charge is -2.00. The zero-order chi connectivity index (χ0) is 13.9. The number of carbonyl (C=O) groups excluding carboxylic acids is 1. The summed E-state index contributed by atoms with van der Waals surface area (Å²) < 4.78 is 4.93. The van der Waals surface area contributed by atoms with Crippen LogP contribution in [0.4, 0.5) is 0 Å². The Labute approximate surface area is 116 Å². The van der Waals surface area contributed by atoms with Crippen molar-refractivity contribution in [2.75, 3.05) is 6.61 Å². The van der Waals surface area contributed by atoms with Crippen LogP contribution >= 0.6 is 0 Å². The number of unbranched alkanes of at least 4 members (excludes halogenated alkanes) is 4. The molecule has 0 bridgehead atoms. The Kier molecular flexibility index (Phi) is 7.43. The fourth-order valence-electron chi connectivity index (χ4n) is 1.71. The minimum atomic E-state index is -0.276. The summed E-state index contributed by atoms with van der Waals surface area (Å²) in [5.41, 5.74) is 1.53. The molecule has 1 aromatic carbocycles. The molecule has 102 valence electrons. The molecule has 0 atom stereocenters. The number of carbonyl (C=O) groups is 1. The second-order valence-electron chi connectivity index (χ2n) is 4.41. The molecule has 0 N–H and O–H groups in total. The van der Waals surface area contributed by atoms with Crippen LogP contribution in [0.3, 0.4) is 0 Å². The van der Waals surface area contributed by atoms with Gasteiger partial charge in [0.05, 0.1) is 12.2 Å². The number of hydrogen-bond donors (Lipinski definition) is 0. The zero-order valence-electron chi connectivity index (χ0n) is 11.9. The van der Waals surface area contributed by atoms with Crippen LogP contribution in [0.15, 0.2) is 24.3 Å². The largest absolute Gasteiger partial charge is 0.462 e. The molecule has 0 saturated heterocycles. The second kappa shape index (κ2) is 9.22. The first kappa shape index (κ1) is 15.3. The van der Waals surface area contributed by atoms with Gasteiger partial charge in [0, 0.05) is 12.0 Å². The van der Waals surface area contributed by atoms with E-state index >= 15 is 0 Å². The van der Waals surface area contributed by atoms with Gasteiger partial charge in [-0.25, -0.2) is 4.79 Å². The van der Waals surface area contributed by atoms with Gasteiger partial charge in [0.1, 0.15) is 0 Å². The molecule has 0 aliphatic carbocycles. The highest BCUT2D eigenvalue weighted by Gasteiger charge is 2.04. The topological polar surface area (TPSA) is 26.3 Å². The predicted molar refractivity (Wildman–Crippen MR) is 78.0 cm³/mol. The van der Waals surface area contributed by atoms with E-state index in [2.05, 4.69) is 18.8 Å². The molecule has 0 aromatic heterocycles. The van der Waals surface area contributed by atoms with Crippen LogP contribution in [0.25, 0.3) is 0 Å². The fourth-order valence-corrected chi connectivity index (χ4v) is 1.71. The predicted octanol–water partition coefficient (Wildman–Crippen LogP) is 4.19. The Balaban J connectivity index is 2.44. The molecule has 0 aliphatic heterocycles. The van der Waals surface area contributed by atoms with E-state index in [0.717, 1.165) is 12.0 Å². The molecule has 0 fully saturated rings. The van der Waals surface area contributed by atoms with Gasteiger partial charge in [-0.1, -0.05) is 38.0 Å². The minimum absolute atomic E-state index is 0.276. The molecule has 1 aromatic rings. The van der Waals surface area contributed by atoms with Crippen LogP contribution in [-0.4, -0.2) is 12.6 Å². The Morgan fingerprint density at radius 2 is 1.84 bits per heavy atom. The Hall–Kier alpha value is -1.75. The number of esters is 1. The van der Waals surface area contributed by atoms with Crippen LogP contribution in [-0.2, 0) is 4.74 Å². The van der Waals surface area contributed by atoms with Crippen molar-refractivity contribution in [1.82, 2.24) is 0 Å². The van der Waals surface area contributed by atoms with Crippen molar-refractivity contribution in [1.29, 1.82) is 0 Å². The van der Waals surface area contributed by atoms with Crippen LogP contribution in [0.1, 0.15) is 61.9 Å². The van der Waals surface area contributed by atoms with Crippen LogP contribution in [0.2, 0.25) is 0 Å². The number of rotatable bonds is 6. The SMILES string of the molecule is CCCCCCC#Cc1ccc(C(=O)OCC)cc1. The van der Waals surface area contributed by atoms with Gasteiger partial charge in [0.15, 0.2) is 0 Å². The van der Waals surface area contributed by atoms with Crippen LogP contribution in [0, 0.1) is 11.8 Å². The van der Waals surface area contributed by atoms with Gasteiger partial charge in [-0.2, -0.15) is 0 Å². The van der Waals surface area contributed by atoms with Crippen molar-refractivity contribution in [2.45, 2.75) is 46.0 Å². The van der Waals surface area contributed by atoms with Crippen molar-refractivity contribution >= 4 is 5.97 Å². The lowest BCUT2D eigenvalue weighted by atomic mass is 10.1. The van der Waals surface area contributed by atoms with E-state index in [1.54, 1.807) is 19.1 Å². The van der Waals surface area contributed by atoms with E-state index in [4.69, 9.17) is 4.74 Å². The van der Waals surface area contributed by atoms with Crippen molar-refractivity contribution in [3.05, 3.63) is 35.4 Å². The zero-order valence-corrected chi connectivity index (χ0v) is 11.9. The van der Waals surface area contributed by atoms with Gasteiger partial charge in [-0.3, -0.25) is 0 Å². The Morgan fingerprint density at radius 1 is 1.11 bits per heavy atom. The monoisotopic (exact) mass is 258 g/mol. The Morgan fingerprint density at radius 3 is 2.47 bits per heavy atom. The fraction of sp³-hybridized carbons (Fsp3) is 0.471. The maximum Gasteiger partial charge on any atom is 0.338 e. The molecule has 0 spiro atoms. The molecule has 19 heavy (non-hydrogen) atoms. The molecule has 2 nitrogen and oxygen atoms in total. The summed E-state index contributed by atoms with van der Waals surface area (Å²) in [5, 5.41) is 0. The van der Waals surface area contributed by atoms with E-state index < -0.39 is 0 Å². The smallest absolute Gasteiger partial charge is 0.338 e. The molecule has 0 amide bonds. The quantitative estimate of drug-likeness (QED) is 0.434. The third-order valence-corrected chi connectivity index (χ3v) is 2.78. The van der Waals surface area contributed by atoms with Crippen molar-refractivity contribution < 1.29 is 9.53 Å². The molecule has 0 unspecified atom stereocenters. The van der Waals surface area contributed by atoms with Gasteiger partial charge < -0.3 is 4.74 Å². The van der Waals surface area contributed by atoms with E-state index in [1.807, 2.05) is 12.1 Å². The van der Waals surface area contributed by atoms with Gasteiger partial charge >= 0.3 is 5.97 Å². The van der Waals surface area contributed by atoms with Crippen molar-refractivity contribution in [2.24, 2.45) is 0 Å². The van der Waals surface area contributed by atoms with Crippen molar-refractivity contribution in [3.8, 4) is 11.8 Å². The molecule has 0 saturated carbocycles. The minimum Gasteiger partial charge on any atom is -0.462 e. The van der Waals surface area contributed by atoms with E-state index in [1.165, 1.54) is 25.7 Å². The summed E-state index contributed by atoms with van der Waals surface area (Å²) in [6.07, 6.45) is 5.91. The highest BCUT2D eigenvalue weighted by atomic mass is 16.5. The third-order valence-electron chi connectivity index (χ3n) is 2.78. The molecule has 2 heteroatoms. The highest BCUT2D eigenvalue weighted by Crippen LogP contribution is 2.06. The van der Waals surface area contributed by atoms with Crippen LogP contribution in [0.5, 0.6) is 0 Å². The lowest BCUT2D eigenvalue weighted by Crippen LogP contribution is -2.04. The Bertz CT molecular complexity index is 435. The summed E-state index contributed by atoms with van der Waals surface area (Å²) in [6, 6.07) is 7.26. The first-order valence-corrected chi connectivity index (χ1v) is 7.04. The first-order chi connectivity index (χ1) is 9.27. The standard InChI is InChI=1S/C17H22O2/c1-3-5-6-7-8-9-10-15-11-13-16(14-12-15)17(18)19-4-2/h11-14H,3-8H2,1-2H3. The molecular weight excluding hydrogens is 236 g/mol. The molecular formula is C17H22O2. The highest BCUT2D eigenvalue weighted by molar-refractivity contribution is 5.89. The van der Waals surface area contributed by atoms with E-state index in [-0.39, 0.29) is 5.97 Å². The average molecular weight is 258 g/mol. The van der Waals surface area contributed by atoms with Gasteiger partial charge in [-0.05, 0) is 37.6 Å². The van der Waals surface area contributed by atoms with Gasteiger partial charge in [0.25, 0.3) is 0 Å². The van der Waals surface area contributed by atoms with E-state index in [9.17, 15) is 4.79 Å². The van der Waals surface area contributed by atoms with E-state index in [0.29, 0.717) is 12.2 Å². The van der Waals surface area contributed by atoms with Crippen molar-refractivity contribution in [3.63, 3.8) is 0 Å². The van der Waals surface area contributed by atoms with Gasteiger partial charge in [-0.15, -0.1) is 0 Å². The first-order valence-electron chi connectivity index (χ1n) is 7.04. The maximum absolute atomic E-state index is 11.5. The molecule has 0 radical (unpaired) electrons. The number of benzene rings is 1. The normalized spacial score (nSPS) is 9.58. The molecule has 0 aliphatic rings. The summed E-state index contributed by atoms with van der Waals surface area (Å²) in [4.78, 5) is 11.5. The summed E-state index contributed by atoms with van der Waals surface area (Å²) in [6.45, 7) is 4.41. The summed E-state index contributed by atoms with van der Waals surface area (Å²) in [7, 11) is 0.